The van der Waals surface area contributed by atoms with E-state index in [0.717, 1.165) is 6.04 Å². The van der Waals surface area contributed by atoms with Crippen molar-refractivity contribution in [2.24, 2.45) is 0 Å². The van der Waals surface area contributed by atoms with Gasteiger partial charge in [-0.15, -0.1) is 0 Å². The molecule has 2 heteroatoms. The van der Waals surface area contributed by atoms with Gasteiger partial charge in [-0.2, -0.15) is 11.1 Å². The minimum atomic E-state index is -1.43. The number of hydrogen-bond donors (Lipinski definition) is 0. The molecule has 0 heterocycles. The molecule has 1 atom stereocenters. The topological polar surface area (TPSA) is 0 Å². The summed E-state index contributed by atoms with van der Waals surface area (Å²) < 4.78 is 0. The third-order valence-electron chi connectivity index (χ3n) is 2.16. The van der Waals surface area contributed by atoms with Crippen molar-refractivity contribution in [1.82, 2.24) is 0 Å². The Labute approximate surface area is 86.6 Å². The molecule has 1 aromatic carbocycles. The summed E-state index contributed by atoms with van der Waals surface area (Å²) in [5.41, 5.74) is 1.41. The van der Waals surface area contributed by atoms with Crippen molar-refractivity contribution >= 4 is 18.5 Å². The smallest absolute Gasteiger partial charge is 0.151 e. The Morgan fingerprint density at radius 3 is 2.23 bits per heavy atom. The molecule has 1 unspecified atom stereocenters. The number of halogens is 1. The van der Waals surface area contributed by atoms with E-state index in [1.165, 1.54) is 5.56 Å². The molecule has 1 rings (SSSR count). The van der Waals surface area contributed by atoms with Gasteiger partial charge in [0, 0.05) is 0 Å². The number of rotatable bonds is 3. The Balaban J connectivity index is 2.64. The fraction of sp³-hybridized carbons (Fsp3) is 0.455. The second-order valence-electron chi connectivity index (χ2n) is 4.23. The van der Waals surface area contributed by atoms with Crippen LogP contribution in [0.1, 0.15) is 18.4 Å². The molecule has 0 saturated heterocycles. The Kier molecular flexibility index (Phi) is 3.57. The fourth-order valence-electron chi connectivity index (χ4n) is 1.63. The van der Waals surface area contributed by atoms with Gasteiger partial charge in [0.2, 0.25) is 0 Å². The second-order valence-corrected chi connectivity index (χ2v) is 11.1. The van der Waals surface area contributed by atoms with Crippen LogP contribution >= 0.6 is 11.1 Å². The van der Waals surface area contributed by atoms with Crippen LogP contribution in [0.2, 0.25) is 19.1 Å². The summed E-state index contributed by atoms with van der Waals surface area (Å²) in [4.78, 5) is 0. The highest BCUT2D eigenvalue weighted by Gasteiger charge is 2.21. The third-order valence-corrected chi connectivity index (χ3v) is 4.21. The molecule has 0 N–H and O–H groups in total. The summed E-state index contributed by atoms with van der Waals surface area (Å²) in [6.45, 7) is 6.66. The van der Waals surface area contributed by atoms with Crippen LogP contribution in [0.3, 0.4) is 0 Å². The largest absolute Gasteiger partial charge is 0.168 e. The van der Waals surface area contributed by atoms with E-state index < -0.39 is 7.38 Å². The van der Waals surface area contributed by atoms with Crippen LogP contribution in [-0.4, -0.2) is 7.38 Å². The van der Waals surface area contributed by atoms with E-state index in [-0.39, 0.29) is 0 Å². The van der Waals surface area contributed by atoms with E-state index in [2.05, 4.69) is 50.3 Å². The molecule has 1 aromatic rings. The standard InChI is InChI=1S/C11H17ClSi/c1-10(9-13(2,3)12)11-7-5-4-6-8-11/h4-8,10H,9H2,1-3H3. The molecule has 0 aromatic heterocycles. The Morgan fingerprint density at radius 2 is 1.77 bits per heavy atom. The summed E-state index contributed by atoms with van der Waals surface area (Å²) in [6.07, 6.45) is 0. The van der Waals surface area contributed by atoms with Crippen molar-refractivity contribution in [3.63, 3.8) is 0 Å². The predicted octanol–water partition coefficient (Wildman–Crippen LogP) is 4.23. The van der Waals surface area contributed by atoms with Crippen LogP contribution < -0.4 is 0 Å². The van der Waals surface area contributed by atoms with Crippen LogP contribution in [-0.2, 0) is 0 Å². The number of hydrogen-bond acceptors (Lipinski definition) is 0. The van der Waals surface area contributed by atoms with Crippen molar-refractivity contribution in [2.45, 2.75) is 32.0 Å². The van der Waals surface area contributed by atoms with Crippen molar-refractivity contribution in [3.05, 3.63) is 35.9 Å². The predicted molar refractivity (Wildman–Crippen MR) is 63.0 cm³/mol. The van der Waals surface area contributed by atoms with Crippen molar-refractivity contribution < 1.29 is 0 Å². The molecular formula is C11H17ClSi. The van der Waals surface area contributed by atoms with Gasteiger partial charge in [0.1, 0.15) is 0 Å². The number of benzene rings is 1. The van der Waals surface area contributed by atoms with Gasteiger partial charge in [-0.05, 0) is 17.5 Å². The van der Waals surface area contributed by atoms with Crippen molar-refractivity contribution in [1.29, 1.82) is 0 Å². The molecule has 72 valence electrons. The lowest BCUT2D eigenvalue weighted by Crippen LogP contribution is -2.18. The zero-order valence-corrected chi connectivity index (χ0v) is 10.3. The minimum Gasteiger partial charge on any atom is -0.168 e. The quantitative estimate of drug-likeness (QED) is 0.520. The van der Waals surface area contributed by atoms with Crippen LogP contribution in [0.5, 0.6) is 0 Å². The van der Waals surface area contributed by atoms with Crippen LogP contribution in [0.25, 0.3) is 0 Å². The minimum absolute atomic E-state index is 0.598. The van der Waals surface area contributed by atoms with Gasteiger partial charge in [-0.1, -0.05) is 50.3 Å². The monoisotopic (exact) mass is 212 g/mol. The van der Waals surface area contributed by atoms with Crippen LogP contribution in [0.15, 0.2) is 30.3 Å². The zero-order chi connectivity index (χ0) is 9.90. The van der Waals surface area contributed by atoms with Gasteiger partial charge >= 0.3 is 0 Å². The lowest BCUT2D eigenvalue weighted by atomic mass is 10.0. The normalized spacial score (nSPS) is 14.2. The highest BCUT2D eigenvalue weighted by Crippen LogP contribution is 2.27. The first-order chi connectivity index (χ1) is 5.99. The SMILES string of the molecule is CC(C[Si](C)(C)Cl)c1ccccc1. The van der Waals surface area contributed by atoms with Gasteiger partial charge in [-0.25, -0.2) is 0 Å². The van der Waals surface area contributed by atoms with E-state index in [9.17, 15) is 0 Å². The molecule has 0 fully saturated rings. The Hall–Kier alpha value is -0.273. The van der Waals surface area contributed by atoms with E-state index in [0.29, 0.717) is 5.92 Å². The molecule has 0 aliphatic rings. The maximum Gasteiger partial charge on any atom is 0.151 e. The highest BCUT2D eigenvalue weighted by atomic mass is 35.6. The lowest BCUT2D eigenvalue weighted by Gasteiger charge is -2.19. The third kappa shape index (κ3) is 3.97. The summed E-state index contributed by atoms with van der Waals surface area (Å²) in [7, 11) is -1.43. The first-order valence-electron chi connectivity index (χ1n) is 4.73. The molecule has 0 aliphatic carbocycles. The average molecular weight is 213 g/mol. The van der Waals surface area contributed by atoms with Crippen LogP contribution in [0.4, 0.5) is 0 Å². The van der Waals surface area contributed by atoms with E-state index in [4.69, 9.17) is 11.1 Å². The lowest BCUT2D eigenvalue weighted by molar-refractivity contribution is 0.851. The van der Waals surface area contributed by atoms with Gasteiger partial charge in [0.05, 0.1) is 0 Å². The molecular weight excluding hydrogens is 196 g/mol. The molecule has 0 spiro atoms. The second kappa shape index (κ2) is 4.29. The summed E-state index contributed by atoms with van der Waals surface area (Å²) in [6, 6.07) is 11.8. The first kappa shape index (κ1) is 10.8. The molecule has 13 heavy (non-hydrogen) atoms. The van der Waals surface area contributed by atoms with Crippen molar-refractivity contribution in [3.8, 4) is 0 Å². The molecule has 0 radical (unpaired) electrons. The Bertz CT molecular complexity index is 251. The van der Waals surface area contributed by atoms with Gasteiger partial charge < -0.3 is 0 Å². The Morgan fingerprint density at radius 1 is 1.23 bits per heavy atom. The molecule has 0 amide bonds. The molecule has 0 saturated carbocycles. The maximum atomic E-state index is 6.32. The summed E-state index contributed by atoms with van der Waals surface area (Å²) >= 11 is 6.32. The van der Waals surface area contributed by atoms with Gasteiger partial charge in [0.15, 0.2) is 7.38 Å². The van der Waals surface area contributed by atoms with Gasteiger partial charge in [0.25, 0.3) is 0 Å². The summed E-state index contributed by atoms with van der Waals surface area (Å²) in [5, 5.41) is 0. The molecule has 0 aliphatic heterocycles. The molecule has 0 bridgehead atoms. The fourth-order valence-corrected chi connectivity index (χ4v) is 4.01. The van der Waals surface area contributed by atoms with Crippen molar-refractivity contribution in [2.75, 3.05) is 0 Å². The highest BCUT2D eigenvalue weighted by molar-refractivity contribution is 7.19. The van der Waals surface area contributed by atoms with Crippen LogP contribution in [0, 0.1) is 0 Å². The maximum absolute atomic E-state index is 6.32. The summed E-state index contributed by atoms with van der Waals surface area (Å²) in [5.74, 6) is 0.598. The first-order valence-corrected chi connectivity index (χ1v) is 8.95. The average Bonchev–Trinajstić information content (AvgIpc) is 2.03. The van der Waals surface area contributed by atoms with E-state index in [1.807, 2.05) is 0 Å². The molecule has 0 nitrogen and oxygen atoms in total. The zero-order valence-electron chi connectivity index (χ0n) is 8.55. The van der Waals surface area contributed by atoms with E-state index in [1.54, 1.807) is 0 Å². The van der Waals surface area contributed by atoms with E-state index >= 15 is 0 Å². The van der Waals surface area contributed by atoms with Gasteiger partial charge in [-0.3, -0.25) is 0 Å².